The van der Waals surface area contributed by atoms with Crippen LogP contribution in [0.4, 0.5) is 4.79 Å². The van der Waals surface area contributed by atoms with E-state index in [4.69, 9.17) is 0 Å². The van der Waals surface area contributed by atoms with Crippen molar-refractivity contribution in [3.05, 3.63) is 5.82 Å². The van der Waals surface area contributed by atoms with Crippen LogP contribution < -0.4 is 5.32 Å². The van der Waals surface area contributed by atoms with Crippen LogP contribution in [0.5, 0.6) is 0 Å². The second-order valence-corrected chi connectivity index (χ2v) is 3.83. The van der Waals surface area contributed by atoms with Gasteiger partial charge in [0.05, 0.1) is 5.88 Å². The van der Waals surface area contributed by atoms with Crippen molar-refractivity contribution in [2.75, 3.05) is 5.88 Å². The molecule has 1 heterocycles. The third-order valence-electron chi connectivity index (χ3n) is 0.921. The van der Waals surface area contributed by atoms with E-state index in [2.05, 4.69) is 14.7 Å². The van der Waals surface area contributed by atoms with Crippen LogP contribution in [0.3, 0.4) is 0 Å². The molecule has 0 unspecified atom stereocenters. The van der Waals surface area contributed by atoms with Crippen molar-refractivity contribution in [3.63, 3.8) is 0 Å². The van der Waals surface area contributed by atoms with Gasteiger partial charge < -0.3 is 5.32 Å². The number of hydrogen-bond donors (Lipinski definition) is 1. The summed E-state index contributed by atoms with van der Waals surface area (Å²) in [7, 11) is 0. The van der Waals surface area contributed by atoms with Gasteiger partial charge in [0.15, 0.2) is 4.34 Å². The van der Waals surface area contributed by atoms with Crippen LogP contribution in [0, 0.1) is 6.92 Å². The van der Waals surface area contributed by atoms with E-state index in [9.17, 15) is 9.90 Å². The predicted molar refractivity (Wildman–Crippen MR) is 44.6 cm³/mol. The first-order valence-corrected chi connectivity index (χ1v) is 4.82. The lowest BCUT2D eigenvalue weighted by Gasteiger charge is -1.93. The highest BCUT2D eigenvalue weighted by atomic mass is 32.2. The molecule has 5 nitrogen and oxygen atoms in total. The number of aromatic nitrogens is 2. The zero-order valence-electron chi connectivity index (χ0n) is 6.23. The maximum Gasteiger partial charge on any atom is 0.451 e. The zero-order chi connectivity index (χ0) is 8.97. The average Bonchev–Trinajstić information content (AvgIpc) is 2.35. The molecule has 1 N–H and O–H groups in total. The SMILES string of the molecule is Cc1nsc(SCNC([O])=O)n1. The van der Waals surface area contributed by atoms with Crippen LogP contribution >= 0.6 is 23.3 Å². The Hall–Kier alpha value is -0.820. The number of rotatable bonds is 3. The Morgan fingerprint density at radius 3 is 3.00 bits per heavy atom. The van der Waals surface area contributed by atoms with Gasteiger partial charge in [0.2, 0.25) is 0 Å². The van der Waals surface area contributed by atoms with Crippen LogP contribution in [0.15, 0.2) is 4.34 Å². The molecule has 0 aromatic carbocycles. The Morgan fingerprint density at radius 2 is 2.50 bits per heavy atom. The molecular weight excluding hydrogens is 198 g/mol. The fourth-order valence-electron chi connectivity index (χ4n) is 0.493. The van der Waals surface area contributed by atoms with Gasteiger partial charge in [0.1, 0.15) is 5.82 Å². The van der Waals surface area contributed by atoms with Crippen molar-refractivity contribution in [2.45, 2.75) is 11.3 Å². The standard InChI is InChI=1S/C5H6N3O2S2/c1-3-7-5(12-8-3)11-2-6-4(9)10/h6H,2H2,1H3. The summed E-state index contributed by atoms with van der Waals surface area (Å²) in [5, 5.41) is 12.0. The summed E-state index contributed by atoms with van der Waals surface area (Å²) in [6.07, 6.45) is -1.27. The number of carbonyl (C=O) groups excluding carboxylic acids is 1. The molecule has 0 spiro atoms. The second kappa shape index (κ2) is 4.27. The topological polar surface area (TPSA) is 74.8 Å². The van der Waals surface area contributed by atoms with E-state index in [1.807, 2.05) is 0 Å². The molecule has 0 saturated heterocycles. The Morgan fingerprint density at radius 1 is 1.75 bits per heavy atom. The molecule has 0 aliphatic heterocycles. The maximum absolute atomic E-state index is 9.93. The highest BCUT2D eigenvalue weighted by Gasteiger charge is 2.01. The van der Waals surface area contributed by atoms with Crippen molar-refractivity contribution in [1.29, 1.82) is 0 Å². The van der Waals surface area contributed by atoms with E-state index < -0.39 is 6.09 Å². The fourth-order valence-corrected chi connectivity index (χ4v) is 1.93. The molecule has 0 aliphatic carbocycles. The lowest BCUT2D eigenvalue weighted by Crippen LogP contribution is -2.18. The third-order valence-corrected chi connectivity index (χ3v) is 2.73. The lowest BCUT2D eigenvalue weighted by atomic mass is 10.8. The predicted octanol–water partition coefficient (Wildman–Crippen LogP) is 1.04. The Labute approximate surface area is 77.4 Å². The van der Waals surface area contributed by atoms with Gasteiger partial charge in [-0.1, -0.05) is 11.8 Å². The van der Waals surface area contributed by atoms with Crippen molar-refractivity contribution in [3.8, 4) is 0 Å². The monoisotopic (exact) mass is 204 g/mol. The minimum Gasteiger partial charge on any atom is -0.309 e. The zero-order valence-corrected chi connectivity index (χ0v) is 7.87. The summed E-state index contributed by atoms with van der Waals surface area (Å²) in [6.45, 7) is 1.78. The summed E-state index contributed by atoms with van der Waals surface area (Å²) >= 11 is 2.53. The van der Waals surface area contributed by atoms with Crippen LogP contribution in [0.25, 0.3) is 0 Å². The lowest BCUT2D eigenvalue weighted by molar-refractivity contribution is 0.170. The van der Waals surface area contributed by atoms with E-state index in [1.165, 1.54) is 23.3 Å². The number of aryl methyl sites for hydroxylation is 1. The third kappa shape index (κ3) is 3.05. The highest BCUT2D eigenvalue weighted by Crippen LogP contribution is 2.18. The number of nitrogens with one attached hydrogen (secondary N) is 1. The van der Waals surface area contributed by atoms with Crippen molar-refractivity contribution >= 4 is 29.4 Å². The molecular formula is C5H6N3O2S2. The van der Waals surface area contributed by atoms with Gasteiger partial charge in [0, 0.05) is 0 Å². The summed E-state index contributed by atoms with van der Waals surface area (Å²) in [4.78, 5) is 14.0. The quantitative estimate of drug-likeness (QED) is 0.589. The Bertz CT molecular complexity index is 275. The summed E-state index contributed by atoms with van der Waals surface area (Å²) in [5.74, 6) is 0.952. The van der Waals surface area contributed by atoms with Gasteiger partial charge in [-0.2, -0.15) is 4.37 Å². The normalized spacial score (nSPS) is 9.75. The molecule has 0 saturated carbocycles. The molecule has 0 bridgehead atoms. The second-order valence-electron chi connectivity index (χ2n) is 1.86. The highest BCUT2D eigenvalue weighted by molar-refractivity contribution is 8.00. The van der Waals surface area contributed by atoms with Crippen molar-refractivity contribution in [2.24, 2.45) is 0 Å². The molecule has 7 heteroatoms. The van der Waals surface area contributed by atoms with Gasteiger partial charge in [-0.3, -0.25) is 0 Å². The van der Waals surface area contributed by atoms with Gasteiger partial charge in [-0.15, -0.1) is 0 Å². The Kier molecular flexibility index (Phi) is 3.30. The van der Waals surface area contributed by atoms with E-state index in [0.717, 1.165) is 4.34 Å². The van der Waals surface area contributed by atoms with E-state index in [1.54, 1.807) is 6.92 Å². The first kappa shape index (κ1) is 9.27. The molecule has 1 radical (unpaired) electrons. The van der Waals surface area contributed by atoms with Crippen LogP contribution in [-0.2, 0) is 5.11 Å². The maximum atomic E-state index is 9.93. The fraction of sp³-hybridized carbons (Fsp3) is 0.400. The van der Waals surface area contributed by atoms with Crippen molar-refractivity contribution in [1.82, 2.24) is 14.7 Å². The van der Waals surface area contributed by atoms with Crippen LogP contribution in [0.1, 0.15) is 5.82 Å². The molecule has 1 amide bonds. The smallest absolute Gasteiger partial charge is 0.309 e. The minimum absolute atomic E-state index is 0.247. The first-order valence-electron chi connectivity index (χ1n) is 3.06. The number of amides is 1. The molecule has 1 aromatic rings. The van der Waals surface area contributed by atoms with Gasteiger partial charge in [-0.05, 0) is 18.5 Å². The minimum atomic E-state index is -1.27. The average molecular weight is 204 g/mol. The number of nitrogens with zero attached hydrogens (tertiary/aromatic N) is 2. The van der Waals surface area contributed by atoms with Gasteiger partial charge >= 0.3 is 6.09 Å². The molecule has 1 rings (SSSR count). The molecule has 12 heavy (non-hydrogen) atoms. The molecule has 0 aliphatic rings. The van der Waals surface area contributed by atoms with Gasteiger partial charge in [-0.25, -0.2) is 14.9 Å². The molecule has 0 fully saturated rings. The van der Waals surface area contributed by atoms with E-state index in [0.29, 0.717) is 5.82 Å². The van der Waals surface area contributed by atoms with Crippen molar-refractivity contribution < 1.29 is 9.90 Å². The number of carbonyl (C=O) groups is 1. The molecule has 65 valence electrons. The number of thioether (sulfide) groups is 1. The Balaban J connectivity index is 2.29. The first-order chi connectivity index (χ1) is 5.68. The van der Waals surface area contributed by atoms with Gasteiger partial charge in [0.25, 0.3) is 0 Å². The molecule has 1 aromatic heterocycles. The largest absolute Gasteiger partial charge is 0.451 e. The van der Waals surface area contributed by atoms with Crippen LogP contribution in [0.2, 0.25) is 0 Å². The van der Waals surface area contributed by atoms with Crippen LogP contribution in [-0.4, -0.2) is 21.3 Å². The summed E-state index contributed by atoms with van der Waals surface area (Å²) < 4.78 is 4.68. The van der Waals surface area contributed by atoms with E-state index >= 15 is 0 Å². The van der Waals surface area contributed by atoms with E-state index in [-0.39, 0.29) is 5.88 Å². The summed E-state index contributed by atoms with van der Waals surface area (Å²) in [5.41, 5.74) is 0. The number of hydrogen-bond acceptors (Lipinski definition) is 5. The summed E-state index contributed by atoms with van der Waals surface area (Å²) in [6, 6.07) is 0. The molecule has 0 atom stereocenters.